The van der Waals surface area contributed by atoms with Crippen LogP contribution in [-0.2, 0) is 6.54 Å². The third-order valence-corrected chi connectivity index (χ3v) is 4.46. The number of nitro groups is 1. The van der Waals surface area contributed by atoms with Gasteiger partial charge < -0.3 is 4.90 Å². The molecule has 3 rings (SSSR count). The van der Waals surface area contributed by atoms with E-state index in [1.807, 2.05) is 42.5 Å². The number of azo groups is 1. The molecule has 0 aromatic heterocycles. The molecule has 0 fully saturated rings. The van der Waals surface area contributed by atoms with Crippen LogP contribution in [0.4, 0.5) is 22.7 Å². The van der Waals surface area contributed by atoms with Gasteiger partial charge in [0.15, 0.2) is 5.69 Å². The molecule has 0 N–H and O–H groups in total. The van der Waals surface area contributed by atoms with E-state index in [0.717, 1.165) is 18.8 Å². The highest BCUT2D eigenvalue weighted by atomic mass is 35.5. The van der Waals surface area contributed by atoms with Gasteiger partial charge in [-0.15, -0.1) is 5.11 Å². The average molecular weight is 395 g/mol. The second-order valence-corrected chi connectivity index (χ2v) is 6.54. The number of halogens is 1. The van der Waals surface area contributed by atoms with Crippen LogP contribution in [0.5, 0.6) is 0 Å². The fraction of sp³-hybridized carbons (Fsp3) is 0.143. The molecule has 0 radical (unpaired) electrons. The highest BCUT2D eigenvalue weighted by Gasteiger charge is 2.14. The van der Waals surface area contributed by atoms with Gasteiger partial charge in [0.05, 0.1) is 10.6 Å². The molecule has 6 nitrogen and oxygen atoms in total. The second-order valence-electron chi connectivity index (χ2n) is 6.11. The van der Waals surface area contributed by atoms with Crippen LogP contribution in [0.2, 0.25) is 5.02 Å². The first-order valence-corrected chi connectivity index (χ1v) is 9.19. The zero-order valence-corrected chi connectivity index (χ0v) is 16.1. The molecule has 3 aromatic rings. The van der Waals surface area contributed by atoms with Crippen LogP contribution >= 0.6 is 11.6 Å². The Morgan fingerprint density at radius 1 is 1.00 bits per heavy atom. The van der Waals surface area contributed by atoms with Crippen molar-refractivity contribution in [1.82, 2.24) is 0 Å². The van der Waals surface area contributed by atoms with E-state index < -0.39 is 4.92 Å². The maximum atomic E-state index is 11.1. The van der Waals surface area contributed by atoms with Crippen LogP contribution in [0.3, 0.4) is 0 Å². The molecule has 0 aliphatic rings. The molecule has 0 saturated carbocycles. The van der Waals surface area contributed by atoms with Crippen molar-refractivity contribution in [2.75, 3.05) is 11.4 Å². The maximum Gasteiger partial charge on any atom is 0.298 e. The number of hydrogen-bond acceptors (Lipinski definition) is 5. The van der Waals surface area contributed by atoms with Gasteiger partial charge in [0.2, 0.25) is 0 Å². The van der Waals surface area contributed by atoms with Gasteiger partial charge in [-0.25, -0.2) is 0 Å². The molecule has 0 heterocycles. The minimum atomic E-state index is -0.522. The molecule has 0 aliphatic heterocycles. The van der Waals surface area contributed by atoms with Gasteiger partial charge in [-0.2, -0.15) is 5.11 Å². The highest BCUT2D eigenvalue weighted by molar-refractivity contribution is 6.30. The van der Waals surface area contributed by atoms with E-state index in [-0.39, 0.29) is 16.4 Å². The summed E-state index contributed by atoms with van der Waals surface area (Å²) in [5, 5.41) is 19.5. The first kappa shape index (κ1) is 19.5. The van der Waals surface area contributed by atoms with Gasteiger partial charge in [-0.05, 0) is 48.9 Å². The lowest BCUT2D eigenvalue weighted by molar-refractivity contribution is -0.384. The number of hydrogen-bond donors (Lipinski definition) is 0. The fourth-order valence-electron chi connectivity index (χ4n) is 2.76. The lowest BCUT2D eigenvalue weighted by Crippen LogP contribution is -2.21. The number of nitrogens with zero attached hydrogens (tertiary/aromatic N) is 4. The number of anilines is 1. The minimum Gasteiger partial charge on any atom is -0.367 e. The smallest absolute Gasteiger partial charge is 0.298 e. The summed E-state index contributed by atoms with van der Waals surface area (Å²) in [6.45, 7) is 3.79. The van der Waals surface area contributed by atoms with Gasteiger partial charge in [-0.3, -0.25) is 10.1 Å². The summed E-state index contributed by atoms with van der Waals surface area (Å²) in [5.41, 5.74) is 2.92. The molecule has 7 heteroatoms. The van der Waals surface area contributed by atoms with Crippen LogP contribution in [0.1, 0.15) is 12.5 Å². The summed E-state index contributed by atoms with van der Waals surface area (Å²) in [6, 6.07) is 22.2. The summed E-state index contributed by atoms with van der Waals surface area (Å²) in [6.07, 6.45) is 0. The fourth-order valence-corrected chi connectivity index (χ4v) is 2.92. The Labute approximate surface area is 168 Å². The number of nitro benzene ring substituents is 1. The first-order chi connectivity index (χ1) is 13.6. The van der Waals surface area contributed by atoms with E-state index >= 15 is 0 Å². The van der Waals surface area contributed by atoms with Crippen LogP contribution < -0.4 is 4.90 Å². The molecule has 3 aromatic carbocycles. The summed E-state index contributed by atoms with van der Waals surface area (Å²) >= 11 is 5.82. The summed E-state index contributed by atoms with van der Waals surface area (Å²) in [5.74, 6) is 0. The number of rotatable bonds is 7. The highest BCUT2D eigenvalue weighted by Crippen LogP contribution is 2.32. The molecule has 28 heavy (non-hydrogen) atoms. The Hall–Kier alpha value is -3.25. The first-order valence-electron chi connectivity index (χ1n) is 8.81. The third-order valence-electron chi connectivity index (χ3n) is 4.22. The molecule has 142 valence electrons. The standard InChI is InChI=1S/C21H19ClN4O2/c1-2-25(15-16-6-4-3-5-7-16)19-11-9-18(10-12-19)23-24-20-13-8-17(22)14-21(20)26(27)28/h3-14H,2,15H2,1H3. The van der Waals surface area contributed by atoms with Crippen LogP contribution in [0.15, 0.2) is 83.0 Å². The summed E-state index contributed by atoms with van der Waals surface area (Å²) < 4.78 is 0. The molecular weight excluding hydrogens is 376 g/mol. The molecule has 0 saturated heterocycles. The third kappa shape index (κ3) is 4.92. The Balaban J connectivity index is 1.75. The van der Waals surface area contributed by atoms with Crippen LogP contribution in [-0.4, -0.2) is 11.5 Å². The van der Waals surface area contributed by atoms with E-state index in [1.165, 1.54) is 17.7 Å². The average Bonchev–Trinajstić information content (AvgIpc) is 2.72. The Morgan fingerprint density at radius 2 is 1.71 bits per heavy atom. The van der Waals surface area contributed by atoms with Crippen LogP contribution in [0.25, 0.3) is 0 Å². The normalized spacial score (nSPS) is 10.9. The van der Waals surface area contributed by atoms with E-state index in [9.17, 15) is 10.1 Å². The Morgan fingerprint density at radius 3 is 2.36 bits per heavy atom. The van der Waals surface area contributed by atoms with Gasteiger partial charge in [0.25, 0.3) is 5.69 Å². The predicted molar refractivity (Wildman–Crippen MR) is 112 cm³/mol. The van der Waals surface area contributed by atoms with Crippen molar-refractivity contribution in [2.45, 2.75) is 13.5 Å². The van der Waals surface area contributed by atoms with Crippen molar-refractivity contribution in [3.63, 3.8) is 0 Å². The molecule has 0 atom stereocenters. The largest absolute Gasteiger partial charge is 0.367 e. The molecule has 0 bridgehead atoms. The van der Waals surface area contributed by atoms with E-state index in [1.54, 1.807) is 6.07 Å². The quantitative estimate of drug-likeness (QED) is 0.254. The SMILES string of the molecule is CCN(Cc1ccccc1)c1ccc(N=Nc2ccc(Cl)cc2[N+](=O)[O-])cc1. The number of benzene rings is 3. The zero-order valence-electron chi connectivity index (χ0n) is 15.3. The molecule has 0 amide bonds. The van der Waals surface area contributed by atoms with Crippen molar-refractivity contribution in [2.24, 2.45) is 10.2 Å². The topological polar surface area (TPSA) is 71.1 Å². The monoisotopic (exact) mass is 394 g/mol. The van der Waals surface area contributed by atoms with Gasteiger partial charge in [-0.1, -0.05) is 41.9 Å². The molecule has 0 spiro atoms. The minimum absolute atomic E-state index is 0.165. The van der Waals surface area contributed by atoms with Crippen molar-refractivity contribution in [3.05, 3.63) is 93.5 Å². The predicted octanol–water partition coefficient (Wildman–Crippen LogP) is 6.69. The lowest BCUT2D eigenvalue weighted by Gasteiger charge is -2.23. The second kappa shape index (κ2) is 9.10. The summed E-state index contributed by atoms with van der Waals surface area (Å²) in [4.78, 5) is 12.9. The Bertz CT molecular complexity index is 975. The summed E-state index contributed by atoms with van der Waals surface area (Å²) in [7, 11) is 0. The van der Waals surface area contributed by atoms with Crippen molar-refractivity contribution in [3.8, 4) is 0 Å². The van der Waals surface area contributed by atoms with E-state index in [4.69, 9.17) is 11.6 Å². The van der Waals surface area contributed by atoms with Gasteiger partial charge in [0, 0.05) is 29.9 Å². The maximum absolute atomic E-state index is 11.1. The van der Waals surface area contributed by atoms with Crippen molar-refractivity contribution < 1.29 is 4.92 Å². The molecular formula is C21H19ClN4O2. The van der Waals surface area contributed by atoms with Crippen LogP contribution in [0, 0.1) is 10.1 Å². The lowest BCUT2D eigenvalue weighted by atomic mass is 10.2. The molecule has 0 aliphatic carbocycles. The molecule has 0 unspecified atom stereocenters. The van der Waals surface area contributed by atoms with Crippen molar-refractivity contribution in [1.29, 1.82) is 0 Å². The van der Waals surface area contributed by atoms with E-state index in [2.05, 4.69) is 34.2 Å². The zero-order chi connectivity index (χ0) is 19.9. The van der Waals surface area contributed by atoms with Gasteiger partial charge >= 0.3 is 0 Å². The van der Waals surface area contributed by atoms with Crippen molar-refractivity contribution >= 4 is 34.4 Å². The Kier molecular flexibility index (Phi) is 6.34. The van der Waals surface area contributed by atoms with Gasteiger partial charge in [0.1, 0.15) is 0 Å². The van der Waals surface area contributed by atoms with E-state index in [0.29, 0.717) is 5.69 Å².